The maximum atomic E-state index is 12.3. The first kappa shape index (κ1) is 14.3. The molecule has 0 bridgehead atoms. The fraction of sp³-hybridized carbons (Fsp3) is 0.429. The summed E-state index contributed by atoms with van der Waals surface area (Å²) in [6.07, 6.45) is 1.48. The van der Waals surface area contributed by atoms with Crippen LogP contribution in [0.5, 0.6) is 0 Å². The lowest BCUT2D eigenvalue weighted by Crippen LogP contribution is -2.55. The molecule has 5 heteroatoms. The molecule has 0 spiro atoms. The zero-order chi connectivity index (χ0) is 14.0. The van der Waals surface area contributed by atoms with Crippen LogP contribution < -0.4 is 11.1 Å². The Balaban J connectivity index is 1.99. The summed E-state index contributed by atoms with van der Waals surface area (Å²) in [5.74, 6) is 0.427. The lowest BCUT2D eigenvalue weighted by Gasteiger charge is -2.44. The lowest BCUT2D eigenvalue weighted by molar-refractivity contribution is -0.133. The van der Waals surface area contributed by atoms with Crippen molar-refractivity contribution in [1.82, 2.24) is 5.32 Å². The molecule has 3 N–H and O–H groups in total. The molecule has 1 saturated carbocycles. The first-order valence-corrected chi connectivity index (χ1v) is 7.05. The van der Waals surface area contributed by atoms with Crippen molar-refractivity contribution < 1.29 is 4.79 Å². The average molecular weight is 297 g/mol. The Morgan fingerprint density at radius 3 is 2.79 bits per heavy atom. The van der Waals surface area contributed by atoms with Gasteiger partial charge in [-0.05, 0) is 36.5 Å². The summed E-state index contributed by atoms with van der Waals surface area (Å²) in [6.45, 7) is 2.54. The minimum atomic E-state index is -0.646. The molecule has 0 radical (unpaired) electrons. The van der Waals surface area contributed by atoms with Gasteiger partial charge >= 0.3 is 0 Å². The normalized spacial score (nSPS) is 25.5. The Bertz CT molecular complexity index is 512. The molecule has 1 aliphatic rings. The van der Waals surface area contributed by atoms with Gasteiger partial charge in [0.15, 0.2) is 0 Å². The molecule has 0 atom stereocenters. The molecule has 1 aromatic rings. The molecule has 0 aliphatic heterocycles. The third-order valence-electron chi connectivity index (χ3n) is 3.64. The molecule has 0 saturated heterocycles. The summed E-state index contributed by atoms with van der Waals surface area (Å²) in [7, 11) is 0. The van der Waals surface area contributed by atoms with E-state index in [1.165, 1.54) is 0 Å². The van der Waals surface area contributed by atoms with Gasteiger partial charge in [0.25, 0.3) is 0 Å². The molecule has 0 heterocycles. The molecule has 19 heavy (non-hydrogen) atoms. The maximum absolute atomic E-state index is 12.3. The second-order valence-corrected chi connectivity index (χ2v) is 6.15. The van der Waals surface area contributed by atoms with E-state index < -0.39 is 5.41 Å². The van der Waals surface area contributed by atoms with E-state index in [1.54, 1.807) is 6.07 Å². The monoisotopic (exact) mass is 296 g/mol. The molecule has 1 amide bonds. The molecular weight excluding hydrogens is 280 g/mol. The van der Waals surface area contributed by atoms with E-state index in [9.17, 15) is 4.79 Å². The van der Waals surface area contributed by atoms with Gasteiger partial charge < -0.3 is 11.1 Å². The number of halogens is 1. The van der Waals surface area contributed by atoms with Crippen LogP contribution in [0.3, 0.4) is 0 Å². The first-order valence-electron chi connectivity index (χ1n) is 6.27. The zero-order valence-corrected chi connectivity index (χ0v) is 12.4. The SMILES string of the molecule is CC1CC(C(=O)NCc2cccc(Cl)c2)(C(N)=S)C1. The number of nitrogens with two attached hydrogens (primary N) is 1. The summed E-state index contributed by atoms with van der Waals surface area (Å²) in [5.41, 5.74) is 6.06. The number of carbonyl (C=O) groups is 1. The second kappa shape index (κ2) is 5.47. The Labute approximate surface area is 123 Å². The van der Waals surface area contributed by atoms with E-state index in [2.05, 4.69) is 12.2 Å². The van der Waals surface area contributed by atoms with Crippen molar-refractivity contribution >= 4 is 34.7 Å². The maximum Gasteiger partial charge on any atom is 0.233 e. The second-order valence-electron chi connectivity index (χ2n) is 5.27. The van der Waals surface area contributed by atoms with Crippen LogP contribution in [0.25, 0.3) is 0 Å². The van der Waals surface area contributed by atoms with Crippen LogP contribution in [0, 0.1) is 11.3 Å². The Hall–Kier alpha value is -1.13. The number of thiocarbonyl (C=S) groups is 1. The lowest BCUT2D eigenvalue weighted by atomic mass is 9.62. The quantitative estimate of drug-likeness (QED) is 0.840. The minimum absolute atomic E-state index is 0.0712. The molecule has 0 unspecified atom stereocenters. The largest absolute Gasteiger partial charge is 0.392 e. The molecule has 3 nitrogen and oxygen atoms in total. The van der Waals surface area contributed by atoms with Crippen molar-refractivity contribution in [3.05, 3.63) is 34.9 Å². The number of hydrogen-bond donors (Lipinski definition) is 2. The summed E-state index contributed by atoms with van der Waals surface area (Å²) in [5, 5.41) is 3.57. The molecule has 102 valence electrons. The molecule has 1 aliphatic carbocycles. The van der Waals surface area contributed by atoms with E-state index in [4.69, 9.17) is 29.6 Å². The number of carbonyl (C=O) groups excluding carboxylic acids is 1. The summed E-state index contributed by atoms with van der Waals surface area (Å²) >= 11 is 11.0. The van der Waals surface area contributed by atoms with Crippen molar-refractivity contribution in [2.75, 3.05) is 0 Å². The van der Waals surface area contributed by atoms with Gasteiger partial charge in [-0.3, -0.25) is 4.79 Å². The van der Waals surface area contributed by atoms with Crippen LogP contribution in [0.15, 0.2) is 24.3 Å². The summed E-state index contributed by atoms with van der Waals surface area (Å²) in [6, 6.07) is 7.41. The van der Waals surface area contributed by atoms with Crippen LogP contribution in [0.2, 0.25) is 5.02 Å². The number of benzene rings is 1. The predicted molar refractivity (Wildman–Crippen MR) is 80.9 cm³/mol. The highest BCUT2D eigenvalue weighted by molar-refractivity contribution is 7.80. The van der Waals surface area contributed by atoms with Crippen molar-refractivity contribution in [2.24, 2.45) is 17.1 Å². The van der Waals surface area contributed by atoms with Crippen LogP contribution >= 0.6 is 23.8 Å². The van der Waals surface area contributed by atoms with Gasteiger partial charge in [0.1, 0.15) is 0 Å². The molecule has 1 fully saturated rings. The van der Waals surface area contributed by atoms with Crippen LogP contribution in [-0.2, 0) is 11.3 Å². The van der Waals surface area contributed by atoms with Crippen molar-refractivity contribution in [3.8, 4) is 0 Å². The topological polar surface area (TPSA) is 55.1 Å². The number of amides is 1. The minimum Gasteiger partial charge on any atom is -0.392 e. The zero-order valence-electron chi connectivity index (χ0n) is 10.8. The van der Waals surface area contributed by atoms with Gasteiger partial charge in [-0.2, -0.15) is 0 Å². The van der Waals surface area contributed by atoms with E-state index in [-0.39, 0.29) is 5.91 Å². The number of hydrogen-bond acceptors (Lipinski definition) is 2. The highest BCUT2D eigenvalue weighted by atomic mass is 35.5. The number of rotatable bonds is 4. The van der Waals surface area contributed by atoms with E-state index in [0.717, 1.165) is 18.4 Å². The van der Waals surface area contributed by atoms with E-state index >= 15 is 0 Å². The standard InChI is InChI=1S/C14H17ClN2OS/c1-9-6-14(7-9,12(16)19)13(18)17-8-10-3-2-4-11(15)5-10/h2-5,9H,6-8H2,1H3,(H2,16,19)(H,17,18). The third kappa shape index (κ3) is 2.90. The van der Waals surface area contributed by atoms with Crippen LogP contribution in [0.1, 0.15) is 25.3 Å². The van der Waals surface area contributed by atoms with Crippen LogP contribution in [0.4, 0.5) is 0 Å². The van der Waals surface area contributed by atoms with Gasteiger partial charge in [0.05, 0.1) is 10.4 Å². The molecule has 1 aromatic carbocycles. The molecular formula is C14H17ClN2OS. The Morgan fingerprint density at radius 1 is 1.58 bits per heavy atom. The Morgan fingerprint density at radius 2 is 2.26 bits per heavy atom. The van der Waals surface area contributed by atoms with Crippen molar-refractivity contribution in [3.63, 3.8) is 0 Å². The van der Waals surface area contributed by atoms with Gasteiger partial charge in [0.2, 0.25) is 5.91 Å². The number of nitrogens with one attached hydrogen (secondary N) is 1. The van der Waals surface area contributed by atoms with Crippen molar-refractivity contribution in [2.45, 2.75) is 26.3 Å². The van der Waals surface area contributed by atoms with Gasteiger partial charge in [-0.1, -0.05) is 42.9 Å². The highest BCUT2D eigenvalue weighted by Crippen LogP contribution is 2.45. The average Bonchev–Trinajstić information content (AvgIpc) is 2.31. The smallest absolute Gasteiger partial charge is 0.233 e. The van der Waals surface area contributed by atoms with Gasteiger partial charge in [-0.25, -0.2) is 0 Å². The third-order valence-corrected chi connectivity index (χ3v) is 4.27. The fourth-order valence-electron chi connectivity index (χ4n) is 2.63. The molecule has 2 rings (SSSR count). The summed E-state index contributed by atoms with van der Waals surface area (Å²) < 4.78 is 0. The van der Waals surface area contributed by atoms with Crippen molar-refractivity contribution in [1.29, 1.82) is 0 Å². The van der Waals surface area contributed by atoms with Gasteiger partial charge in [-0.15, -0.1) is 0 Å². The predicted octanol–water partition coefficient (Wildman–Crippen LogP) is 2.66. The Kier molecular flexibility index (Phi) is 4.11. The van der Waals surface area contributed by atoms with Crippen LogP contribution in [-0.4, -0.2) is 10.9 Å². The van der Waals surface area contributed by atoms with E-state index in [1.807, 2.05) is 18.2 Å². The fourth-order valence-corrected chi connectivity index (χ4v) is 3.10. The first-order chi connectivity index (χ1) is 8.94. The van der Waals surface area contributed by atoms with E-state index in [0.29, 0.717) is 22.5 Å². The van der Waals surface area contributed by atoms with Gasteiger partial charge in [0, 0.05) is 11.6 Å². The highest BCUT2D eigenvalue weighted by Gasteiger charge is 2.50. The molecule has 0 aromatic heterocycles. The summed E-state index contributed by atoms with van der Waals surface area (Å²) in [4.78, 5) is 12.6.